The lowest BCUT2D eigenvalue weighted by molar-refractivity contribution is 0.372. The molecule has 0 aromatic carbocycles. The molecule has 2 atom stereocenters. The van der Waals surface area contributed by atoms with E-state index in [1.165, 1.54) is 6.42 Å². The van der Waals surface area contributed by atoms with Crippen LogP contribution in [0.3, 0.4) is 0 Å². The maximum absolute atomic E-state index is 5.76. The number of rotatable bonds is 7. The molecule has 0 aromatic heterocycles. The van der Waals surface area contributed by atoms with Crippen molar-refractivity contribution in [2.45, 2.75) is 26.3 Å². The minimum absolute atomic E-state index is 0.527. The van der Waals surface area contributed by atoms with Crippen LogP contribution in [0.15, 0.2) is 0 Å². The lowest BCUT2D eigenvalue weighted by atomic mass is 10.1. The first-order chi connectivity index (χ1) is 6.07. The molecular formula is C10H23ClN2. The van der Waals surface area contributed by atoms with Gasteiger partial charge in [-0.3, -0.25) is 0 Å². The summed E-state index contributed by atoms with van der Waals surface area (Å²) in [6, 6.07) is 0.527. The highest BCUT2D eigenvalue weighted by atomic mass is 35.5. The van der Waals surface area contributed by atoms with Crippen molar-refractivity contribution >= 4 is 11.6 Å². The van der Waals surface area contributed by atoms with Gasteiger partial charge in [-0.05, 0) is 46.4 Å². The van der Waals surface area contributed by atoms with Crippen LogP contribution in [0.25, 0.3) is 0 Å². The van der Waals surface area contributed by atoms with Crippen molar-refractivity contribution in [3.05, 3.63) is 0 Å². The first kappa shape index (κ1) is 13.2. The van der Waals surface area contributed by atoms with Gasteiger partial charge in [0.1, 0.15) is 0 Å². The molecule has 13 heavy (non-hydrogen) atoms. The topological polar surface area (TPSA) is 15.3 Å². The summed E-state index contributed by atoms with van der Waals surface area (Å²) in [7, 11) is 4.20. The zero-order valence-electron chi connectivity index (χ0n) is 9.31. The fourth-order valence-electron chi connectivity index (χ4n) is 1.06. The molecule has 0 saturated heterocycles. The van der Waals surface area contributed by atoms with Crippen molar-refractivity contribution in [3.8, 4) is 0 Å². The number of hydrogen-bond donors (Lipinski definition) is 1. The summed E-state index contributed by atoms with van der Waals surface area (Å²) < 4.78 is 0. The van der Waals surface area contributed by atoms with E-state index in [-0.39, 0.29) is 0 Å². The molecule has 2 unspecified atom stereocenters. The van der Waals surface area contributed by atoms with Crippen LogP contribution in [-0.4, -0.2) is 44.0 Å². The van der Waals surface area contributed by atoms with E-state index >= 15 is 0 Å². The number of hydrogen-bond acceptors (Lipinski definition) is 2. The Morgan fingerprint density at radius 1 is 1.31 bits per heavy atom. The fraction of sp³-hybridized carbons (Fsp3) is 1.00. The molecule has 0 rings (SSSR count). The Kier molecular flexibility index (Phi) is 7.72. The van der Waals surface area contributed by atoms with E-state index in [1.54, 1.807) is 0 Å². The molecule has 0 spiro atoms. The Morgan fingerprint density at radius 2 is 1.92 bits per heavy atom. The van der Waals surface area contributed by atoms with Gasteiger partial charge in [-0.1, -0.05) is 6.92 Å². The van der Waals surface area contributed by atoms with Crippen LogP contribution in [0, 0.1) is 5.92 Å². The first-order valence-corrected chi connectivity index (χ1v) is 5.55. The average molecular weight is 207 g/mol. The van der Waals surface area contributed by atoms with Crippen molar-refractivity contribution < 1.29 is 0 Å². The SMILES string of the molecule is CC(CCl)C(C)NCCCN(C)C. The van der Waals surface area contributed by atoms with Crippen molar-refractivity contribution in [3.63, 3.8) is 0 Å². The van der Waals surface area contributed by atoms with Crippen molar-refractivity contribution in [1.29, 1.82) is 0 Å². The van der Waals surface area contributed by atoms with Gasteiger partial charge in [0.15, 0.2) is 0 Å². The highest BCUT2D eigenvalue weighted by molar-refractivity contribution is 6.18. The quantitative estimate of drug-likeness (QED) is 0.505. The highest BCUT2D eigenvalue weighted by Gasteiger charge is 2.09. The second-order valence-corrected chi connectivity index (χ2v) is 4.34. The van der Waals surface area contributed by atoms with Crippen molar-refractivity contribution in [2.75, 3.05) is 33.1 Å². The van der Waals surface area contributed by atoms with Crippen LogP contribution in [0.4, 0.5) is 0 Å². The Hall–Kier alpha value is 0.210. The van der Waals surface area contributed by atoms with Gasteiger partial charge in [0.25, 0.3) is 0 Å². The number of alkyl halides is 1. The van der Waals surface area contributed by atoms with Gasteiger partial charge in [0, 0.05) is 11.9 Å². The maximum Gasteiger partial charge on any atom is 0.0263 e. The summed E-state index contributed by atoms with van der Waals surface area (Å²) in [6.07, 6.45) is 1.20. The fourth-order valence-corrected chi connectivity index (χ4v) is 1.33. The molecule has 0 aromatic rings. The Labute approximate surface area is 87.6 Å². The average Bonchev–Trinajstić information content (AvgIpc) is 2.10. The third kappa shape index (κ3) is 7.29. The van der Waals surface area contributed by atoms with Gasteiger partial charge in [-0.2, -0.15) is 0 Å². The second-order valence-electron chi connectivity index (χ2n) is 4.03. The Bertz CT molecular complexity index is 117. The zero-order valence-corrected chi connectivity index (χ0v) is 10.1. The molecule has 0 fully saturated rings. The highest BCUT2D eigenvalue weighted by Crippen LogP contribution is 2.03. The molecule has 0 radical (unpaired) electrons. The summed E-state index contributed by atoms with van der Waals surface area (Å²) in [5.74, 6) is 1.29. The van der Waals surface area contributed by atoms with Crippen LogP contribution < -0.4 is 5.32 Å². The van der Waals surface area contributed by atoms with E-state index in [1.807, 2.05) is 0 Å². The molecule has 3 heteroatoms. The number of nitrogens with zero attached hydrogens (tertiary/aromatic N) is 1. The first-order valence-electron chi connectivity index (χ1n) is 5.02. The third-order valence-corrected chi connectivity index (χ3v) is 2.83. The van der Waals surface area contributed by atoms with E-state index in [4.69, 9.17) is 11.6 Å². The molecule has 0 aliphatic carbocycles. The minimum Gasteiger partial charge on any atom is -0.314 e. The van der Waals surface area contributed by atoms with Crippen LogP contribution in [0.2, 0.25) is 0 Å². The van der Waals surface area contributed by atoms with Crippen LogP contribution >= 0.6 is 11.6 Å². The molecule has 1 N–H and O–H groups in total. The van der Waals surface area contributed by atoms with Crippen molar-refractivity contribution in [2.24, 2.45) is 5.92 Å². The third-order valence-electron chi connectivity index (χ3n) is 2.35. The van der Waals surface area contributed by atoms with E-state index in [9.17, 15) is 0 Å². The summed E-state index contributed by atoms with van der Waals surface area (Å²) in [6.45, 7) is 6.61. The predicted molar refractivity (Wildman–Crippen MR) is 60.5 cm³/mol. The van der Waals surface area contributed by atoms with Gasteiger partial charge >= 0.3 is 0 Å². The molecule has 0 amide bonds. The predicted octanol–water partition coefficient (Wildman–Crippen LogP) is 1.79. The van der Waals surface area contributed by atoms with E-state index < -0.39 is 0 Å². The molecule has 0 aliphatic heterocycles. The Morgan fingerprint density at radius 3 is 2.38 bits per heavy atom. The molecule has 0 aliphatic rings. The smallest absolute Gasteiger partial charge is 0.0263 e. The molecule has 0 saturated carbocycles. The van der Waals surface area contributed by atoms with Gasteiger partial charge in [0.05, 0.1) is 0 Å². The number of nitrogens with one attached hydrogen (secondary N) is 1. The van der Waals surface area contributed by atoms with Crippen molar-refractivity contribution in [1.82, 2.24) is 10.2 Å². The van der Waals surface area contributed by atoms with Gasteiger partial charge in [-0.25, -0.2) is 0 Å². The van der Waals surface area contributed by atoms with Gasteiger partial charge < -0.3 is 10.2 Å². The summed E-state index contributed by atoms with van der Waals surface area (Å²) in [5, 5.41) is 3.48. The monoisotopic (exact) mass is 206 g/mol. The van der Waals surface area contributed by atoms with Gasteiger partial charge in [0.2, 0.25) is 0 Å². The van der Waals surface area contributed by atoms with Crippen LogP contribution in [-0.2, 0) is 0 Å². The van der Waals surface area contributed by atoms with E-state index in [2.05, 4.69) is 38.2 Å². The lowest BCUT2D eigenvalue weighted by Crippen LogP contribution is -2.34. The summed E-state index contributed by atoms with van der Waals surface area (Å²) >= 11 is 5.76. The van der Waals surface area contributed by atoms with Crippen LogP contribution in [0.1, 0.15) is 20.3 Å². The molecule has 2 nitrogen and oxygen atoms in total. The Balaban J connectivity index is 3.31. The molecular weight excluding hydrogens is 184 g/mol. The van der Waals surface area contributed by atoms with Gasteiger partial charge in [-0.15, -0.1) is 11.6 Å². The molecule has 0 heterocycles. The van der Waals surface area contributed by atoms with E-state index in [0.29, 0.717) is 12.0 Å². The standard InChI is InChI=1S/C10H23ClN2/c1-9(8-11)10(2)12-6-5-7-13(3)4/h9-10,12H,5-8H2,1-4H3. The van der Waals surface area contributed by atoms with E-state index in [0.717, 1.165) is 19.0 Å². The summed E-state index contributed by atoms with van der Waals surface area (Å²) in [4.78, 5) is 2.21. The summed E-state index contributed by atoms with van der Waals surface area (Å²) in [5.41, 5.74) is 0. The molecule has 80 valence electrons. The van der Waals surface area contributed by atoms with Crippen LogP contribution in [0.5, 0.6) is 0 Å². The largest absolute Gasteiger partial charge is 0.314 e. The zero-order chi connectivity index (χ0) is 10.3. The normalized spacial score (nSPS) is 16.2. The second kappa shape index (κ2) is 7.60. The lowest BCUT2D eigenvalue weighted by Gasteiger charge is -2.19. The maximum atomic E-state index is 5.76. The number of halogens is 1. The minimum atomic E-state index is 0.527. The molecule has 0 bridgehead atoms.